The number of aromatic nitrogens is 2. The molecule has 0 radical (unpaired) electrons. The molecule has 150 valence electrons. The molecule has 1 amide bonds. The third-order valence-electron chi connectivity index (χ3n) is 4.69. The molecule has 5 nitrogen and oxygen atoms in total. The highest BCUT2D eigenvalue weighted by Gasteiger charge is 2.20. The van der Waals surface area contributed by atoms with E-state index in [1.54, 1.807) is 13.0 Å². The summed E-state index contributed by atoms with van der Waals surface area (Å²) in [6.07, 6.45) is 0. The van der Waals surface area contributed by atoms with Gasteiger partial charge in [-0.25, -0.2) is 9.97 Å². The van der Waals surface area contributed by atoms with Crippen LogP contribution in [-0.4, -0.2) is 22.9 Å². The summed E-state index contributed by atoms with van der Waals surface area (Å²) in [5.74, 6) is 1.05. The number of benzene rings is 2. The van der Waals surface area contributed by atoms with E-state index in [9.17, 15) is 4.79 Å². The highest BCUT2D eigenvalue weighted by molar-refractivity contribution is 6.03. The Morgan fingerprint density at radius 1 is 1.00 bits per heavy atom. The molecule has 2 aromatic carbocycles. The van der Waals surface area contributed by atoms with Crippen molar-refractivity contribution in [3.05, 3.63) is 83.3 Å². The summed E-state index contributed by atoms with van der Waals surface area (Å²) in [6, 6.07) is 19.8. The fraction of sp³-hybridized carbons (Fsp3) is 0.292. The molecule has 0 saturated heterocycles. The van der Waals surface area contributed by atoms with Crippen molar-refractivity contribution < 1.29 is 4.79 Å². The molecule has 0 spiro atoms. The van der Waals surface area contributed by atoms with E-state index in [4.69, 9.17) is 0 Å². The van der Waals surface area contributed by atoms with Gasteiger partial charge >= 0.3 is 0 Å². The first-order valence-corrected chi connectivity index (χ1v) is 9.75. The van der Waals surface area contributed by atoms with Crippen molar-refractivity contribution in [1.29, 1.82) is 0 Å². The summed E-state index contributed by atoms with van der Waals surface area (Å²) >= 11 is 0. The largest absolute Gasteiger partial charge is 0.355 e. The highest BCUT2D eigenvalue weighted by Crippen LogP contribution is 2.29. The zero-order valence-electron chi connectivity index (χ0n) is 17.7. The Morgan fingerprint density at radius 3 is 2.34 bits per heavy atom. The minimum atomic E-state index is -0.235. The van der Waals surface area contributed by atoms with Gasteiger partial charge in [0.15, 0.2) is 0 Å². The molecule has 0 saturated carbocycles. The molecule has 1 aromatic heterocycles. The molecule has 3 rings (SSSR count). The number of rotatable bonds is 5. The van der Waals surface area contributed by atoms with Gasteiger partial charge in [-0.15, -0.1) is 0 Å². The Kier molecular flexibility index (Phi) is 5.97. The van der Waals surface area contributed by atoms with E-state index >= 15 is 0 Å². The number of carbonyl (C=O) groups excluding carboxylic acids is 1. The third-order valence-corrected chi connectivity index (χ3v) is 4.69. The van der Waals surface area contributed by atoms with Crippen molar-refractivity contribution in [2.75, 3.05) is 17.3 Å². The number of hydrogen-bond donors (Lipinski definition) is 1. The first-order valence-electron chi connectivity index (χ1n) is 9.75. The van der Waals surface area contributed by atoms with Crippen LogP contribution in [0.1, 0.15) is 48.2 Å². The lowest BCUT2D eigenvalue weighted by atomic mass is 9.86. The van der Waals surface area contributed by atoms with Gasteiger partial charge in [0.1, 0.15) is 17.3 Å². The lowest BCUT2D eigenvalue weighted by Gasteiger charge is -2.23. The van der Waals surface area contributed by atoms with Crippen LogP contribution in [0.25, 0.3) is 0 Å². The standard InChI is InChI=1S/C24H28N4O/c1-17-25-21(15-22(26-17)28(5)16-18-11-7-6-8-12-18)23(29)27-20-14-10-9-13-19(20)24(2,3)4/h6-15H,16H2,1-5H3,(H,27,29). The number of carbonyl (C=O) groups is 1. The predicted molar refractivity (Wildman–Crippen MR) is 118 cm³/mol. The zero-order chi connectivity index (χ0) is 21.0. The Balaban J connectivity index is 1.84. The number of anilines is 2. The van der Waals surface area contributed by atoms with Gasteiger partial charge in [-0.2, -0.15) is 0 Å². The van der Waals surface area contributed by atoms with Crippen molar-refractivity contribution >= 4 is 17.4 Å². The molecule has 0 atom stereocenters. The molecule has 3 aromatic rings. The topological polar surface area (TPSA) is 58.1 Å². The number of amides is 1. The van der Waals surface area contributed by atoms with Crippen LogP contribution in [0, 0.1) is 6.92 Å². The number of aryl methyl sites for hydroxylation is 1. The van der Waals surface area contributed by atoms with Crippen LogP contribution in [0.4, 0.5) is 11.5 Å². The van der Waals surface area contributed by atoms with E-state index in [1.165, 1.54) is 5.56 Å². The molecule has 0 aliphatic heterocycles. The second-order valence-corrected chi connectivity index (χ2v) is 8.25. The van der Waals surface area contributed by atoms with Crippen LogP contribution in [0.3, 0.4) is 0 Å². The second kappa shape index (κ2) is 8.43. The fourth-order valence-corrected chi connectivity index (χ4v) is 3.23. The van der Waals surface area contributed by atoms with Crippen molar-refractivity contribution in [2.45, 2.75) is 39.7 Å². The minimum Gasteiger partial charge on any atom is -0.355 e. The van der Waals surface area contributed by atoms with E-state index in [2.05, 4.69) is 48.2 Å². The summed E-state index contributed by atoms with van der Waals surface area (Å²) in [7, 11) is 1.96. The van der Waals surface area contributed by atoms with Gasteiger partial charge in [-0.1, -0.05) is 69.3 Å². The SMILES string of the molecule is Cc1nc(C(=O)Nc2ccccc2C(C)(C)C)cc(N(C)Cc2ccccc2)n1. The van der Waals surface area contributed by atoms with Crippen molar-refractivity contribution in [1.82, 2.24) is 9.97 Å². The van der Waals surface area contributed by atoms with Crippen LogP contribution in [0.2, 0.25) is 0 Å². The highest BCUT2D eigenvalue weighted by atomic mass is 16.1. The number of hydrogen-bond acceptors (Lipinski definition) is 4. The smallest absolute Gasteiger partial charge is 0.274 e. The number of nitrogens with zero attached hydrogens (tertiary/aromatic N) is 3. The summed E-state index contributed by atoms with van der Waals surface area (Å²) in [4.78, 5) is 23.8. The molecule has 0 aliphatic rings. The van der Waals surface area contributed by atoms with E-state index in [1.807, 2.05) is 54.4 Å². The number of nitrogens with one attached hydrogen (secondary N) is 1. The molecule has 29 heavy (non-hydrogen) atoms. The van der Waals surface area contributed by atoms with Crippen molar-refractivity contribution in [2.24, 2.45) is 0 Å². The molecule has 0 bridgehead atoms. The predicted octanol–water partition coefficient (Wildman–Crippen LogP) is 4.97. The first-order chi connectivity index (χ1) is 13.7. The monoisotopic (exact) mass is 388 g/mol. The van der Waals surface area contributed by atoms with Gasteiger partial charge in [-0.3, -0.25) is 4.79 Å². The molecule has 0 fully saturated rings. The van der Waals surface area contributed by atoms with Crippen LogP contribution in [-0.2, 0) is 12.0 Å². The maximum absolute atomic E-state index is 13.0. The summed E-state index contributed by atoms with van der Waals surface area (Å²) in [6.45, 7) is 8.89. The quantitative estimate of drug-likeness (QED) is 0.670. The summed E-state index contributed by atoms with van der Waals surface area (Å²) < 4.78 is 0. The van der Waals surface area contributed by atoms with Gasteiger partial charge in [0.25, 0.3) is 5.91 Å². The summed E-state index contributed by atoms with van der Waals surface area (Å²) in [5, 5.41) is 3.03. The minimum absolute atomic E-state index is 0.0769. The average Bonchev–Trinajstić information content (AvgIpc) is 2.68. The lowest BCUT2D eigenvalue weighted by Crippen LogP contribution is -2.22. The van der Waals surface area contributed by atoms with Gasteiger partial charge < -0.3 is 10.2 Å². The fourth-order valence-electron chi connectivity index (χ4n) is 3.23. The van der Waals surface area contributed by atoms with E-state index in [0.29, 0.717) is 18.1 Å². The van der Waals surface area contributed by atoms with Crippen LogP contribution >= 0.6 is 0 Å². The van der Waals surface area contributed by atoms with Gasteiger partial charge in [0.05, 0.1) is 0 Å². The molecule has 1 N–H and O–H groups in total. The zero-order valence-corrected chi connectivity index (χ0v) is 17.7. The van der Waals surface area contributed by atoms with E-state index in [0.717, 1.165) is 17.1 Å². The molecule has 5 heteroatoms. The first kappa shape index (κ1) is 20.5. The Bertz CT molecular complexity index is 993. The van der Waals surface area contributed by atoms with Crippen molar-refractivity contribution in [3.8, 4) is 0 Å². The van der Waals surface area contributed by atoms with Gasteiger partial charge in [-0.05, 0) is 29.5 Å². The Labute approximate surface area is 172 Å². The van der Waals surface area contributed by atoms with Crippen LogP contribution in [0.5, 0.6) is 0 Å². The van der Waals surface area contributed by atoms with Crippen LogP contribution < -0.4 is 10.2 Å². The van der Waals surface area contributed by atoms with Gasteiger partial charge in [0, 0.05) is 25.3 Å². The Morgan fingerprint density at radius 2 is 1.66 bits per heavy atom. The lowest BCUT2D eigenvalue weighted by molar-refractivity contribution is 0.102. The molecule has 1 heterocycles. The van der Waals surface area contributed by atoms with E-state index < -0.39 is 0 Å². The van der Waals surface area contributed by atoms with Gasteiger partial charge in [0.2, 0.25) is 0 Å². The molecular weight excluding hydrogens is 360 g/mol. The molecule has 0 unspecified atom stereocenters. The summed E-state index contributed by atoms with van der Waals surface area (Å²) in [5.41, 5.74) is 3.35. The maximum atomic E-state index is 13.0. The maximum Gasteiger partial charge on any atom is 0.274 e. The van der Waals surface area contributed by atoms with Crippen LogP contribution in [0.15, 0.2) is 60.7 Å². The van der Waals surface area contributed by atoms with E-state index in [-0.39, 0.29) is 11.3 Å². The Hall–Kier alpha value is -3.21. The normalized spacial score (nSPS) is 11.2. The van der Waals surface area contributed by atoms with Crippen molar-refractivity contribution in [3.63, 3.8) is 0 Å². The molecular formula is C24H28N4O. The third kappa shape index (κ3) is 5.19. The average molecular weight is 389 g/mol. The number of para-hydroxylation sites is 1. The molecule has 0 aliphatic carbocycles. The second-order valence-electron chi connectivity index (χ2n) is 8.25.